The highest BCUT2D eigenvalue weighted by molar-refractivity contribution is 6.00. The van der Waals surface area contributed by atoms with Crippen molar-refractivity contribution < 1.29 is 67.4 Å². The van der Waals surface area contributed by atoms with E-state index >= 15 is 33.6 Å². The molecule has 11 atom stereocenters. The van der Waals surface area contributed by atoms with Crippen LogP contribution in [0.1, 0.15) is 138 Å². The minimum Gasteiger partial charge on any atom is -0.391 e. The molecule has 0 aromatic heterocycles. The summed E-state index contributed by atoms with van der Waals surface area (Å²) >= 11 is 0. The molecule has 3 aromatic carbocycles. The first-order valence-electron chi connectivity index (χ1n) is 36.1. The van der Waals surface area contributed by atoms with Crippen LogP contribution in [0.4, 0.5) is 0 Å². The average Bonchev–Trinajstić information content (AvgIpc) is 0.817. The number of amides is 12. The van der Waals surface area contributed by atoms with Gasteiger partial charge in [-0.3, -0.25) is 57.5 Å². The van der Waals surface area contributed by atoms with E-state index in [0.717, 1.165) is 21.1 Å². The molecule has 0 radical (unpaired) electrons. The summed E-state index contributed by atoms with van der Waals surface area (Å²) in [5, 5.41) is 25.4. The van der Waals surface area contributed by atoms with Gasteiger partial charge in [-0.15, -0.1) is 0 Å². The fraction of sp³-hybridized carbons (Fsp3) is 0.610. The van der Waals surface area contributed by atoms with Crippen LogP contribution >= 0.6 is 0 Å². The average molecular weight is 1430 g/mol. The van der Waals surface area contributed by atoms with E-state index in [2.05, 4.69) is 26.6 Å². The van der Waals surface area contributed by atoms with Gasteiger partial charge in [0.15, 0.2) is 0 Å². The quantitative estimate of drug-likeness (QED) is 0.119. The third-order valence-corrected chi connectivity index (χ3v) is 19.1. The summed E-state index contributed by atoms with van der Waals surface area (Å²) in [6.45, 7) is 20.3. The Morgan fingerprint density at radius 2 is 0.854 bits per heavy atom. The number of benzene rings is 3. The van der Waals surface area contributed by atoms with Gasteiger partial charge in [0, 0.05) is 74.6 Å². The normalized spacial score (nSPS) is 24.7. The van der Waals surface area contributed by atoms with Crippen LogP contribution in [0.3, 0.4) is 0 Å². The number of nitrogens with zero attached hydrogens (tertiary/aromatic N) is 7. The standard InChI is InChI=1S/C77H116N12O14/c1-47(2)39-57-67(93)79-56(46-103-77(10,11)12)71(97)88(18)61(43-54-35-27-21-28-36-54)73(99)85(15)58(40-48(3)4)68(94)78-55(72(98)89-37-29-22-30-38-89)44-62(91)80-64(49(5)6)75(101)86(16)59(41-52-31-23-19-24-32-52)69(95)81-65(50(7)8)76(102)87(17)60(42-53-33-25-20-26-34-53)70(96)82-66(51(9)90)74(100)83(13)45-63(92)84(57)14/h19-21,23-28,31-36,47-51,55-61,64-66,90H,22,29-30,37-46H2,1-18H3,(H,78,94)(H,79,93)(H,80,91)(H,81,95)(H,82,96)/t51-,55+,56+,57+,58+,59+,60+,61+,64-,65+,66+/m1/s1. The van der Waals surface area contributed by atoms with Gasteiger partial charge in [0.25, 0.3) is 0 Å². The lowest BCUT2D eigenvalue weighted by molar-refractivity contribution is -0.151. The zero-order chi connectivity index (χ0) is 76.9. The summed E-state index contributed by atoms with van der Waals surface area (Å²) in [6.07, 6.45) is -0.203. The molecular formula is C77H116N12O14. The van der Waals surface area contributed by atoms with E-state index in [-0.39, 0.29) is 43.9 Å². The van der Waals surface area contributed by atoms with Crippen LogP contribution in [-0.4, -0.2) is 251 Å². The Bertz CT molecular complexity index is 3360. The first-order valence-corrected chi connectivity index (χ1v) is 36.1. The summed E-state index contributed by atoms with van der Waals surface area (Å²) in [5.41, 5.74) is 1.01. The Balaban J connectivity index is 1.71. The van der Waals surface area contributed by atoms with Gasteiger partial charge in [0.2, 0.25) is 70.9 Å². The molecule has 0 spiro atoms. The molecule has 12 amide bonds. The molecule has 0 bridgehead atoms. The predicted molar refractivity (Wildman–Crippen MR) is 392 cm³/mol. The molecule has 2 aliphatic heterocycles. The van der Waals surface area contributed by atoms with Gasteiger partial charge in [0.05, 0.1) is 31.3 Å². The van der Waals surface area contributed by atoms with Crippen molar-refractivity contribution in [3.05, 3.63) is 108 Å². The number of ether oxygens (including phenoxy) is 1. The lowest BCUT2D eigenvalue weighted by Gasteiger charge is -2.38. The SMILES string of the molecule is CC(C)C[C@H]1C(=O)N[C@@H](COC(C)(C)C)C(=O)N(C)[C@@H](Cc2ccccc2)C(=O)N(C)[C@@H](CC(C)C)C(=O)N[C@H](C(=O)N2CCCCC2)CC(=O)N[C@H](C(C)C)C(=O)N(C)[C@@H](Cc2ccccc2)C(=O)N[C@@H](C(C)C)C(=O)N(C)[C@@H](Cc2ccccc2)C(=O)N[C@@H]([C@@H](C)O)C(=O)N(C)CC(=O)N1C. The summed E-state index contributed by atoms with van der Waals surface area (Å²) < 4.78 is 6.21. The second-order valence-corrected chi connectivity index (χ2v) is 30.3. The minimum atomic E-state index is -1.70. The van der Waals surface area contributed by atoms with E-state index in [1.165, 1.54) is 63.9 Å². The number of aliphatic hydroxyl groups excluding tert-OH is 1. The van der Waals surface area contributed by atoms with Crippen molar-refractivity contribution >= 4 is 70.9 Å². The van der Waals surface area contributed by atoms with Crippen molar-refractivity contribution in [1.29, 1.82) is 0 Å². The van der Waals surface area contributed by atoms with Crippen molar-refractivity contribution in [3.8, 4) is 0 Å². The highest BCUT2D eigenvalue weighted by atomic mass is 16.5. The van der Waals surface area contributed by atoms with E-state index in [0.29, 0.717) is 42.6 Å². The summed E-state index contributed by atoms with van der Waals surface area (Å²) in [7, 11) is 8.27. The second kappa shape index (κ2) is 39.2. The van der Waals surface area contributed by atoms with Gasteiger partial charge in [0.1, 0.15) is 60.4 Å². The molecule has 2 aliphatic rings. The van der Waals surface area contributed by atoms with E-state index in [9.17, 15) is 29.1 Å². The Morgan fingerprint density at radius 3 is 1.28 bits per heavy atom. The first-order chi connectivity index (χ1) is 48.3. The maximum Gasteiger partial charge on any atom is 0.248 e. The number of hydrogen-bond donors (Lipinski definition) is 6. The van der Waals surface area contributed by atoms with Crippen LogP contribution in [0.5, 0.6) is 0 Å². The topological polar surface area (TPSA) is 317 Å². The molecule has 3 aromatic rings. The fourth-order valence-corrected chi connectivity index (χ4v) is 12.7. The van der Waals surface area contributed by atoms with Crippen molar-refractivity contribution in [2.45, 2.75) is 213 Å². The molecule has 103 heavy (non-hydrogen) atoms. The van der Waals surface area contributed by atoms with Gasteiger partial charge in [-0.25, -0.2) is 0 Å². The van der Waals surface area contributed by atoms with Crippen LogP contribution in [0.25, 0.3) is 0 Å². The maximum absolute atomic E-state index is 15.6. The number of likely N-dealkylation sites (N-methyl/N-ethyl adjacent to an activating group) is 6. The Morgan fingerprint density at radius 1 is 0.466 bits per heavy atom. The number of nitrogens with one attached hydrogen (secondary N) is 5. The van der Waals surface area contributed by atoms with Crippen molar-refractivity contribution in [3.63, 3.8) is 0 Å². The van der Waals surface area contributed by atoms with Crippen LogP contribution < -0.4 is 26.6 Å². The molecule has 26 nitrogen and oxygen atoms in total. The third kappa shape index (κ3) is 24.7. The van der Waals surface area contributed by atoms with Crippen LogP contribution in [-0.2, 0) is 81.5 Å². The molecular weight excluding hydrogens is 1320 g/mol. The molecule has 5 rings (SSSR count). The third-order valence-electron chi connectivity index (χ3n) is 19.1. The molecule has 2 saturated heterocycles. The Hall–Kier alpha value is -8.78. The van der Waals surface area contributed by atoms with E-state index in [1.807, 2.05) is 27.7 Å². The number of likely N-dealkylation sites (tertiary alicyclic amines) is 1. The van der Waals surface area contributed by atoms with Gasteiger partial charge in [-0.05, 0) is 100 Å². The molecule has 2 heterocycles. The zero-order valence-electron chi connectivity index (χ0n) is 63.9. The fourth-order valence-electron chi connectivity index (χ4n) is 12.7. The molecule has 0 aliphatic carbocycles. The van der Waals surface area contributed by atoms with Gasteiger partial charge in [-0.2, -0.15) is 0 Å². The highest BCUT2D eigenvalue weighted by Crippen LogP contribution is 2.23. The van der Waals surface area contributed by atoms with E-state index in [4.69, 9.17) is 4.74 Å². The zero-order valence-corrected chi connectivity index (χ0v) is 63.9. The van der Waals surface area contributed by atoms with Crippen molar-refractivity contribution in [2.24, 2.45) is 23.7 Å². The maximum atomic E-state index is 15.6. The van der Waals surface area contributed by atoms with Crippen LogP contribution in [0.2, 0.25) is 0 Å². The number of hydrogen-bond acceptors (Lipinski definition) is 14. The Kier molecular flexibility index (Phi) is 32.3. The summed E-state index contributed by atoms with van der Waals surface area (Å²) in [5.74, 6) is -10.9. The Labute approximate surface area is 609 Å². The molecule has 0 unspecified atom stereocenters. The summed E-state index contributed by atoms with van der Waals surface area (Å²) in [6, 6.07) is 12.4. The second-order valence-electron chi connectivity index (χ2n) is 30.3. The number of carbonyl (C=O) groups is 12. The smallest absolute Gasteiger partial charge is 0.248 e. The number of piperidine rings is 1. The molecule has 6 N–H and O–H groups in total. The highest BCUT2D eigenvalue weighted by Gasteiger charge is 2.44. The van der Waals surface area contributed by atoms with Crippen molar-refractivity contribution in [1.82, 2.24) is 60.9 Å². The molecule has 568 valence electrons. The lowest BCUT2D eigenvalue weighted by atomic mass is 9.96. The minimum absolute atomic E-state index is 0.0510. The van der Waals surface area contributed by atoms with Crippen LogP contribution in [0.15, 0.2) is 91.0 Å². The van der Waals surface area contributed by atoms with Gasteiger partial charge >= 0.3 is 0 Å². The van der Waals surface area contributed by atoms with Crippen molar-refractivity contribution in [2.75, 3.05) is 68.5 Å². The molecule has 0 saturated carbocycles. The van der Waals surface area contributed by atoms with E-state index < -0.39 is 174 Å². The number of aliphatic hydroxyl groups is 1. The van der Waals surface area contributed by atoms with E-state index in [1.54, 1.807) is 144 Å². The molecule has 2 fully saturated rings. The predicted octanol–water partition coefficient (Wildman–Crippen LogP) is 3.75. The summed E-state index contributed by atoms with van der Waals surface area (Å²) in [4.78, 5) is 189. The first kappa shape index (κ1) is 84.9. The van der Waals surface area contributed by atoms with Gasteiger partial charge in [-0.1, -0.05) is 146 Å². The number of carbonyl (C=O) groups excluding carboxylic acids is 12. The monoisotopic (exact) mass is 1430 g/mol. The largest absolute Gasteiger partial charge is 0.391 e. The van der Waals surface area contributed by atoms with Gasteiger partial charge < -0.3 is 70.7 Å². The molecule has 26 heteroatoms. The van der Waals surface area contributed by atoms with Crippen LogP contribution in [0, 0.1) is 23.7 Å². The number of rotatable bonds is 16. The lowest BCUT2D eigenvalue weighted by Crippen LogP contribution is -2.62.